The summed E-state index contributed by atoms with van der Waals surface area (Å²) in [6, 6.07) is 7.28. The van der Waals surface area contributed by atoms with Gasteiger partial charge in [0.2, 0.25) is 5.91 Å². The van der Waals surface area contributed by atoms with Crippen LogP contribution in [0.4, 0.5) is 5.69 Å². The van der Waals surface area contributed by atoms with Crippen LogP contribution in [0.15, 0.2) is 43.0 Å². The Hall–Kier alpha value is -2.18. The van der Waals surface area contributed by atoms with E-state index in [1.54, 1.807) is 12.5 Å². The lowest BCUT2D eigenvalue weighted by Crippen LogP contribution is -2.47. The molecule has 3 rings (SSSR count). The number of rotatable bonds is 3. The number of ether oxygens (including phenoxy) is 1. The maximum atomic E-state index is 12.6. The molecule has 1 amide bonds. The molecule has 0 radical (unpaired) electrons. The number of hydrogen-bond donors (Lipinski definition) is 2. The number of nitrogens with zero attached hydrogens (tertiary/aromatic N) is 2. The van der Waals surface area contributed by atoms with E-state index in [0.717, 1.165) is 11.4 Å². The van der Waals surface area contributed by atoms with E-state index in [4.69, 9.17) is 10.5 Å². The highest BCUT2D eigenvalue weighted by molar-refractivity contribution is 5.97. The fraction of sp³-hybridized carbons (Fsp3) is 0.333. The van der Waals surface area contributed by atoms with Crippen LogP contribution in [0.25, 0.3) is 5.69 Å². The number of imidazole rings is 1. The van der Waals surface area contributed by atoms with E-state index in [-0.39, 0.29) is 11.9 Å². The highest BCUT2D eigenvalue weighted by atomic mass is 16.5. The van der Waals surface area contributed by atoms with Crippen LogP contribution in [0, 0.1) is 5.41 Å². The number of para-hydroxylation sites is 2. The molecule has 2 heterocycles. The molecular formula is C15H18N4O2. The van der Waals surface area contributed by atoms with Crippen LogP contribution >= 0.6 is 0 Å². The van der Waals surface area contributed by atoms with Gasteiger partial charge in [-0.05, 0) is 19.1 Å². The molecule has 0 saturated carbocycles. The fourth-order valence-electron chi connectivity index (χ4n) is 2.39. The fourth-order valence-corrected chi connectivity index (χ4v) is 2.39. The van der Waals surface area contributed by atoms with Crippen molar-refractivity contribution < 1.29 is 9.53 Å². The zero-order valence-electron chi connectivity index (χ0n) is 11.8. The van der Waals surface area contributed by atoms with Gasteiger partial charge >= 0.3 is 0 Å². The van der Waals surface area contributed by atoms with E-state index < -0.39 is 5.41 Å². The summed E-state index contributed by atoms with van der Waals surface area (Å²) in [4.78, 5) is 16.6. The monoisotopic (exact) mass is 286 g/mol. The largest absolute Gasteiger partial charge is 0.379 e. The molecule has 1 fully saturated rings. The summed E-state index contributed by atoms with van der Waals surface area (Å²) in [5, 5.41) is 2.96. The van der Waals surface area contributed by atoms with Crippen molar-refractivity contribution in [3.63, 3.8) is 0 Å². The van der Waals surface area contributed by atoms with Crippen molar-refractivity contribution in [3.8, 4) is 5.69 Å². The molecular weight excluding hydrogens is 268 g/mol. The second-order valence-corrected chi connectivity index (χ2v) is 5.48. The van der Waals surface area contributed by atoms with E-state index in [1.165, 1.54) is 0 Å². The Labute approximate surface area is 122 Å². The smallest absolute Gasteiger partial charge is 0.234 e. The Morgan fingerprint density at radius 3 is 3.00 bits per heavy atom. The molecule has 2 atom stereocenters. The normalized spacial score (nSPS) is 25.0. The molecule has 1 aromatic carbocycles. The SMILES string of the molecule is CC1(C(=O)Nc2ccccc2-n2ccnc2)COCC1N. The molecule has 2 unspecified atom stereocenters. The minimum absolute atomic E-state index is 0.125. The van der Waals surface area contributed by atoms with Crippen LogP contribution in [0.3, 0.4) is 0 Å². The number of carbonyl (C=O) groups is 1. The van der Waals surface area contributed by atoms with Crippen molar-refractivity contribution in [2.45, 2.75) is 13.0 Å². The van der Waals surface area contributed by atoms with Crippen molar-refractivity contribution >= 4 is 11.6 Å². The molecule has 6 heteroatoms. The highest BCUT2D eigenvalue weighted by Crippen LogP contribution is 2.30. The number of carbonyl (C=O) groups excluding carboxylic acids is 1. The number of benzene rings is 1. The molecule has 1 aliphatic heterocycles. The van der Waals surface area contributed by atoms with E-state index in [1.807, 2.05) is 42.0 Å². The van der Waals surface area contributed by atoms with Crippen molar-refractivity contribution in [3.05, 3.63) is 43.0 Å². The summed E-state index contributed by atoms with van der Waals surface area (Å²) in [5.74, 6) is -0.125. The number of hydrogen-bond acceptors (Lipinski definition) is 4. The molecule has 1 aromatic heterocycles. The predicted molar refractivity (Wildman–Crippen MR) is 79.1 cm³/mol. The van der Waals surface area contributed by atoms with Crippen molar-refractivity contribution in [2.24, 2.45) is 11.1 Å². The summed E-state index contributed by atoms with van der Waals surface area (Å²) in [6.45, 7) is 2.58. The lowest BCUT2D eigenvalue weighted by atomic mass is 9.85. The van der Waals surface area contributed by atoms with Gasteiger partial charge in [-0.15, -0.1) is 0 Å². The topological polar surface area (TPSA) is 82.2 Å². The predicted octanol–water partition coefficient (Wildman–Crippen LogP) is 1.17. The molecule has 1 aliphatic rings. The van der Waals surface area contributed by atoms with Gasteiger partial charge in [0.15, 0.2) is 0 Å². The summed E-state index contributed by atoms with van der Waals surface area (Å²) in [7, 11) is 0. The van der Waals surface area contributed by atoms with E-state index in [9.17, 15) is 4.79 Å². The van der Waals surface area contributed by atoms with Gasteiger partial charge in [-0.2, -0.15) is 0 Å². The molecule has 0 spiro atoms. The van der Waals surface area contributed by atoms with E-state index in [2.05, 4.69) is 10.3 Å². The first-order chi connectivity index (χ1) is 10.1. The number of nitrogens with two attached hydrogens (primary N) is 1. The maximum absolute atomic E-state index is 12.6. The molecule has 0 aliphatic carbocycles. The van der Waals surface area contributed by atoms with Gasteiger partial charge in [0.1, 0.15) is 0 Å². The molecule has 1 saturated heterocycles. The minimum Gasteiger partial charge on any atom is -0.379 e. The summed E-state index contributed by atoms with van der Waals surface area (Å²) in [6.07, 6.45) is 5.22. The van der Waals surface area contributed by atoms with E-state index in [0.29, 0.717) is 13.2 Å². The van der Waals surface area contributed by atoms with Crippen LogP contribution in [-0.4, -0.2) is 34.7 Å². The van der Waals surface area contributed by atoms with Crippen LogP contribution < -0.4 is 11.1 Å². The van der Waals surface area contributed by atoms with Crippen molar-refractivity contribution in [1.29, 1.82) is 0 Å². The molecule has 6 nitrogen and oxygen atoms in total. The van der Waals surface area contributed by atoms with Gasteiger partial charge in [-0.3, -0.25) is 4.79 Å². The zero-order chi connectivity index (χ0) is 14.9. The van der Waals surface area contributed by atoms with Crippen LogP contribution in [0.5, 0.6) is 0 Å². The number of anilines is 1. The van der Waals surface area contributed by atoms with Crippen LogP contribution in [-0.2, 0) is 9.53 Å². The van der Waals surface area contributed by atoms with Gasteiger partial charge in [0.25, 0.3) is 0 Å². The molecule has 3 N–H and O–H groups in total. The first-order valence-corrected chi connectivity index (χ1v) is 6.83. The molecule has 110 valence electrons. The first kappa shape index (κ1) is 13.8. The first-order valence-electron chi connectivity index (χ1n) is 6.83. The number of nitrogens with one attached hydrogen (secondary N) is 1. The lowest BCUT2D eigenvalue weighted by molar-refractivity contribution is -0.125. The number of aromatic nitrogens is 2. The highest BCUT2D eigenvalue weighted by Gasteiger charge is 2.44. The number of amides is 1. The average Bonchev–Trinajstić information content (AvgIpc) is 3.11. The van der Waals surface area contributed by atoms with Crippen LogP contribution in [0.1, 0.15) is 6.92 Å². The standard InChI is InChI=1S/C15H18N4O2/c1-15(9-21-8-13(15)16)14(20)18-11-4-2-3-5-12(11)19-7-6-17-10-19/h2-7,10,13H,8-9,16H2,1H3,(H,18,20). The summed E-state index contributed by atoms with van der Waals surface area (Å²) in [5.41, 5.74) is 6.88. The quantitative estimate of drug-likeness (QED) is 0.887. The van der Waals surface area contributed by atoms with Crippen molar-refractivity contribution in [2.75, 3.05) is 18.5 Å². The van der Waals surface area contributed by atoms with Crippen molar-refractivity contribution in [1.82, 2.24) is 9.55 Å². The Kier molecular flexibility index (Phi) is 3.48. The molecule has 0 bridgehead atoms. The maximum Gasteiger partial charge on any atom is 0.234 e. The Morgan fingerprint density at radius 1 is 1.52 bits per heavy atom. The Bertz CT molecular complexity index is 641. The van der Waals surface area contributed by atoms with Gasteiger partial charge in [-0.1, -0.05) is 12.1 Å². The molecule has 21 heavy (non-hydrogen) atoms. The summed E-state index contributed by atoms with van der Waals surface area (Å²) < 4.78 is 7.18. The van der Waals surface area contributed by atoms with Gasteiger partial charge in [0, 0.05) is 18.4 Å². The zero-order valence-corrected chi connectivity index (χ0v) is 11.8. The third-order valence-electron chi connectivity index (χ3n) is 3.97. The van der Waals surface area contributed by atoms with E-state index >= 15 is 0 Å². The van der Waals surface area contributed by atoms with Gasteiger partial charge in [0.05, 0.1) is 36.3 Å². The summed E-state index contributed by atoms with van der Waals surface area (Å²) >= 11 is 0. The second-order valence-electron chi connectivity index (χ2n) is 5.48. The lowest BCUT2D eigenvalue weighted by Gasteiger charge is -2.26. The minimum atomic E-state index is -0.706. The van der Waals surface area contributed by atoms with Gasteiger partial charge < -0.3 is 20.4 Å². The van der Waals surface area contributed by atoms with Gasteiger partial charge in [-0.25, -0.2) is 4.98 Å². The third kappa shape index (κ3) is 2.43. The Morgan fingerprint density at radius 2 is 2.33 bits per heavy atom. The molecule has 2 aromatic rings. The Balaban J connectivity index is 1.87. The average molecular weight is 286 g/mol. The van der Waals surface area contributed by atoms with Crippen LogP contribution in [0.2, 0.25) is 0 Å². The third-order valence-corrected chi connectivity index (χ3v) is 3.97. The second kappa shape index (κ2) is 5.31.